The molecule has 7 rings (SSSR count). The van der Waals surface area contributed by atoms with E-state index in [1.54, 1.807) is 0 Å². The lowest BCUT2D eigenvalue weighted by Crippen LogP contribution is -2.50. The van der Waals surface area contributed by atoms with Crippen LogP contribution in [0.25, 0.3) is 17.0 Å². The van der Waals surface area contributed by atoms with Crippen LogP contribution in [0.15, 0.2) is 42.5 Å². The molecule has 4 aliphatic rings. The van der Waals surface area contributed by atoms with Crippen molar-refractivity contribution in [3.8, 4) is 0 Å². The molecule has 2 aromatic carbocycles. The largest absolute Gasteiger partial charge is 0.478 e. The van der Waals surface area contributed by atoms with Gasteiger partial charge >= 0.3 is 5.97 Å². The topological polar surface area (TPSA) is 56.3 Å². The summed E-state index contributed by atoms with van der Waals surface area (Å²) in [6, 6.07) is 10.1. The molecule has 2 N–H and O–H groups in total. The van der Waals surface area contributed by atoms with Crippen LogP contribution >= 0.6 is 0 Å². The molecule has 176 valence electrons. The van der Waals surface area contributed by atoms with Crippen molar-refractivity contribution in [3.05, 3.63) is 76.5 Å². The van der Waals surface area contributed by atoms with Crippen LogP contribution < -0.4 is 0 Å². The number of carboxylic acid groups (broad SMARTS) is 1. The van der Waals surface area contributed by atoms with Crippen molar-refractivity contribution >= 4 is 22.9 Å². The van der Waals surface area contributed by atoms with Crippen LogP contribution in [0.4, 0.5) is 8.78 Å². The predicted molar refractivity (Wildman–Crippen MR) is 127 cm³/mol. The molecule has 2 bridgehead atoms. The minimum absolute atomic E-state index is 0.0390. The maximum atomic E-state index is 15.6. The van der Waals surface area contributed by atoms with Gasteiger partial charge in [0.25, 0.3) is 0 Å². The van der Waals surface area contributed by atoms with Gasteiger partial charge in [0.05, 0.1) is 6.04 Å². The summed E-state index contributed by atoms with van der Waals surface area (Å²) in [5.41, 5.74) is 3.49. The lowest BCUT2D eigenvalue weighted by molar-refractivity contribution is -0.131. The number of rotatable bonds is 5. The zero-order chi connectivity index (χ0) is 23.6. The molecule has 0 saturated heterocycles. The fourth-order valence-electron chi connectivity index (χ4n) is 6.87. The van der Waals surface area contributed by atoms with Gasteiger partial charge in [0.1, 0.15) is 11.6 Å². The summed E-state index contributed by atoms with van der Waals surface area (Å²) in [5, 5.41) is 10.0. The normalized spacial score (nSPS) is 28.4. The number of benzene rings is 2. The first kappa shape index (κ1) is 21.5. The number of H-pyrrole nitrogens is 1. The molecule has 2 atom stereocenters. The summed E-state index contributed by atoms with van der Waals surface area (Å²) in [5.74, 6) is -1.63. The Hall–Kier alpha value is -2.99. The van der Waals surface area contributed by atoms with E-state index in [0.29, 0.717) is 0 Å². The molecular weight excluding hydrogens is 434 g/mol. The number of aliphatic carboxylic acids is 1. The Morgan fingerprint density at radius 3 is 2.65 bits per heavy atom. The molecule has 3 saturated carbocycles. The minimum Gasteiger partial charge on any atom is -0.478 e. The molecule has 1 aliphatic heterocycles. The summed E-state index contributed by atoms with van der Waals surface area (Å²) in [6.07, 6.45) is 7.83. The van der Waals surface area contributed by atoms with Gasteiger partial charge in [-0.3, -0.25) is 4.90 Å². The van der Waals surface area contributed by atoms with Gasteiger partial charge in [0, 0.05) is 40.8 Å². The third-order valence-corrected chi connectivity index (χ3v) is 8.35. The summed E-state index contributed by atoms with van der Waals surface area (Å²) >= 11 is 0. The summed E-state index contributed by atoms with van der Waals surface area (Å²) in [7, 11) is 0. The van der Waals surface area contributed by atoms with Gasteiger partial charge in [-0.15, -0.1) is 0 Å². The second-order valence-corrected chi connectivity index (χ2v) is 10.6. The molecule has 2 heterocycles. The van der Waals surface area contributed by atoms with Crippen molar-refractivity contribution in [1.29, 1.82) is 0 Å². The Kier molecular flexibility index (Phi) is 4.92. The van der Waals surface area contributed by atoms with Crippen LogP contribution in [0.1, 0.15) is 61.0 Å². The Bertz CT molecular complexity index is 1290. The third kappa shape index (κ3) is 3.38. The number of halogens is 2. The Morgan fingerprint density at radius 2 is 1.97 bits per heavy atom. The van der Waals surface area contributed by atoms with Crippen molar-refractivity contribution in [1.82, 2.24) is 9.88 Å². The van der Waals surface area contributed by atoms with Crippen molar-refractivity contribution in [2.24, 2.45) is 11.3 Å². The Morgan fingerprint density at radius 1 is 1.24 bits per heavy atom. The second-order valence-electron chi connectivity index (χ2n) is 10.6. The highest BCUT2D eigenvalue weighted by atomic mass is 19.1. The van der Waals surface area contributed by atoms with E-state index in [-0.39, 0.29) is 22.6 Å². The highest BCUT2D eigenvalue weighted by molar-refractivity contribution is 5.86. The number of aromatic nitrogens is 1. The molecule has 0 spiro atoms. The predicted octanol–water partition coefficient (Wildman–Crippen LogP) is 6.07. The highest BCUT2D eigenvalue weighted by Crippen LogP contribution is 2.60. The number of carbonyl (C=O) groups is 1. The molecule has 0 amide bonds. The standard InChI is InChI=1S/C28H28F2N2O2/c1-16-10-20-19-4-2-3-5-23(19)31-26(20)27(32(16)15-28-9-8-18(13-28)14-28)25-21(29)11-17(12-22(25)30)6-7-24(33)34/h2-7,11-12,16,18,27,31H,8-10,13-15H2,1H3,(H,33,34)/b7-6+. The molecule has 1 aromatic heterocycles. The van der Waals surface area contributed by atoms with E-state index >= 15 is 8.78 Å². The van der Waals surface area contributed by atoms with Gasteiger partial charge in [-0.1, -0.05) is 18.2 Å². The average Bonchev–Trinajstić information content (AvgIpc) is 3.46. The van der Waals surface area contributed by atoms with Gasteiger partial charge in [-0.2, -0.15) is 0 Å². The van der Waals surface area contributed by atoms with Gasteiger partial charge < -0.3 is 10.1 Å². The number of nitrogens with one attached hydrogen (secondary N) is 1. The van der Waals surface area contributed by atoms with E-state index in [0.717, 1.165) is 47.1 Å². The molecule has 3 fully saturated rings. The van der Waals surface area contributed by atoms with E-state index < -0.39 is 23.6 Å². The molecule has 34 heavy (non-hydrogen) atoms. The number of nitrogens with zero attached hydrogens (tertiary/aromatic N) is 1. The number of aromatic amines is 1. The third-order valence-electron chi connectivity index (χ3n) is 8.35. The SMILES string of the molecule is CC1Cc2c([nH]c3ccccc23)C(c2c(F)cc(/C=C/C(=O)O)cc2F)N1CC12CCC(C1)C2. The van der Waals surface area contributed by atoms with Crippen molar-refractivity contribution in [3.63, 3.8) is 0 Å². The summed E-state index contributed by atoms with van der Waals surface area (Å²) in [6.45, 7) is 3.00. The number of para-hydroxylation sites is 1. The first-order valence-electron chi connectivity index (χ1n) is 12.1. The zero-order valence-electron chi connectivity index (χ0n) is 19.2. The Balaban J connectivity index is 1.49. The summed E-state index contributed by atoms with van der Waals surface area (Å²) < 4.78 is 31.3. The lowest BCUT2D eigenvalue weighted by atomic mass is 9.68. The molecular formula is C28H28F2N2O2. The van der Waals surface area contributed by atoms with Crippen LogP contribution in [-0.4, -0.2) is 33.5 Å². The van der Waals surface area contributed by atoms with Crippen LogP contribution in [0, 0.1) is 23.0 Å². The number of carboxylic acids is 1. The fraction of sp³-hybridized carbons (Fsp3) is 0.393. The Labute approximate surface area is 197 Å². The summed E-state index contributed by atoms with van der Waals surface area (Å²) in [4.78, 5) is 16.7. The van der Waals surface area contributed by atoms with Gasteiger partial charge in [0.15, 0.2) is 0 Å². The van der Waals surface area contributed by atoms with E-state index in [1.807, 2.05) is 18.2 Å². The van der Waals surface area contributed by atoms with Crippen molar-refractivity contribution in [2.45, 2.75) is 51.1 Å². The average molecular weight is 463 g/mol. The molecule has 6 heteroatoms. The maximum absolute atomic E-state index is 15.6. The van der Waals surface area contributed by atoms with Crippen LogP contribution in [0.2, 0.25) is 0 Å². The monoisotopic (exact) mass is 462 g/mol. The van der Waals surface area contributed by atoms with Crippen LogP contribution in [-0.2, 0) is 11.2 Å². The molecule has 0 radical (unpaired) electrons. The molecule has 3 aliphatic carbocycles. The van der Waals surface area contributed by atoms with Crippen molar-refractivity contribution < 1.29 is 18.7 Å². The fourth-order valence-corrected chi connectivity index (χ4v) is 6.87. The molecule has 2 unspecified atom stereocenters. The van der Waals surface area contributed by atoms with Crippen LogP contribution in [0.3, 0.4) is 0 Å². The van der Waals surface area contributed by atoms with E-state index in [4.69, 9.17) is 5.11 Å². The second kappa shape index (κ2) is 7.77. The van der Waals surface area contributed by atoms with Gasteiger partial charge in [0.2, 0.25) is 0 Å². The van der Waals surface area contributed by atoms with Crippen LogP contribution in [0.5, 0.6) is 0 Å². The van der Waals surface area contributed by atoms with E-state index in [2.05, 4.69) is 22.9 Å². The smallest absolute Gasteiger partial charge is 0.328 e. The zero-order valence-corrected chi connectivity index (χ0v) is 19.2. The quantitative estimate of drug-likeness (QED) is 0.453. The molecule has 4 nitrogen and oxygen atoms in total. The van der Waals surface area contributed by atoms with E-state index in [1.165, 1.54) is 43.9 Å². The van der Waals surface area contributed by atoms with Crippen molar-refractivity contribution in [2.75, 3.05) is 6.54 Å². The first-order valence-corrected chi connectivity index (χ1v) is 12.1. The van der Waals surface area contributed by atoms with Gasteiger partial charge in [-0.05, 0) is 85.8 Å². The minimum atomic E-state index is -1.16. The number of hydrogen-bond donors (Lipinski definition) is 2. The lowest BCUT2D eigenvalue weighted by Gasteiger charge is -2.48. The number of hydrogen-bond acceptors (Lipinski definition) is 2. The van der Waals surface area contributed by atoms with Gasteiger partial charge in [-0.25, -0.2) is 13.6 Å². The first-order chi connectivity index (χ1) is 16.3. The highest BCUT2D eigenvalue weighted by Gasteiger charge is 2.52. The van der Waals surface area contributed by atoms with E-state index in [9.17, 15) is 4.79 Å². The molecule has 3 aromatic rings. The maximum Gasteiger partial charge on any atom is 0.328 e. The number of fused-ring (bicyclic) bond motifs is 4.